The third-order valence-electron chi connectivity index (χ3n) is 5.03. The summed E-state index contributed by atoms with van der Waals surface area (Å²) in [6, 6.07) is 9.71. The van der Waals surface area contributed by atoms with Crippen LogP contribution in [0.25, 0.3) is 5.57 Å². The zero-order valence-corrected chi connectivity index (χ0v) is 17.3. The minimum atomic E-state index is -1.87. The molecule has 1 aliphatic heterocycles. The zero-order chi connectivity index (χ0) is 23.3. The maximum absolute atomic E-state index is 13.3. The van der Waals surface area contributed by atoms with Gasteiger partial charge in [-0.25, -0.2) is 8.78 Å². The van der Waals surface area contributed by atoms with Gasteiger partial charge < -0.3 is 21.1 Å². The van der Waals surface area contributed by atoms with Crippen molar-refractivity contribution in [3.05, 3.63) is 77.4 Å². The first-order valence-electron chi connectivity index (χ1n) is 10.0. The van der Waals surface area contributed by atoms with Crippen molar-refractivity contribution in [2.75, 3.05) is 6.54 Å². The highest BCUT2D eigenvalue weighted by molar-refractivity contribution is 5.94. The van der Waals surface area contributed by atoms with E-state index in [0.29, 0.717) is 12.6 Å². The Balaban J connectivity index is 1.63. The van der Waals surface area contributed by atoms with Crippen LogP contribution in [0.1, 0.15) is 30.6 Å². The Bertz CT molecular complexity index is 1020. The standard InChI is InChI=1S/C23H23F2N3O4/c1-13(27-23(32)20(29)16-9-17(24)12-18(25)10-16)21(30)28-19-11-15(7-8-26-22(19)31)14-5-3-2-4-6-14/h2-7,9-10,12-13,19-20,29H,8,11H2,1H3,(H,26,31)(H,27,32)(H,28,30)/t13-,19-,20-/m0/s1. The Labute approximate surface area is 183 Å². The average molecular weight is 443 g/mol. The minimum Gasteiger partial charge on any atom is -0.378 e. The van der Waals surface area contributed by atoms with Crippen LogP contribution < -0.4 is 16.0 Å². The molecule has 0 unspecified atom stereocenters. The first-order valence-corrected chi connectivity index (χ1v) is 10.0. The lowest BCUT2D eigenvalue weighted by molar-refractivity contribution is -0.135. The molecule has 0 saturated heterocycles. The number of nitrogens with one attached hydrogen (secondary N) is 3. The van der Waals surface area contributed by atoms with Gasteiger partial charge >= 0.3 is 0 Å². The van der Waals surface area contributed by atoms with Gasteiger partial charge in [0.1, 0.15) is 23.7 Å². The fourth-order valence-electron chi connectivity index (χ4n) is 3.34. The smallest absolute Gasteiger partial charge is 0.254 e. The number of rotatable bonds is 6. The molecule has 0 radical (unpaired) electrons. The van der Waals surface area contributed by atoms with Crippen LogP contribution >= 0.6 is 0 Å². The Morgan fingerprint density at radius 2 is 1.75 bits per heavy atom. The van der Waals surface area contributed by atoms with Crippen LogP contribution in [0, 0.1) is 11.6 Å². The quantitative estimate of drug-likeness (QED) is 0.544. The second-order valence-corrected chi connectivity index (χ2v) is 7.44. The summed E-state index contributed by atoms with van der Waals surface area (Å²) in [5.41, 5.74) is 1.53. The van der Waals surface area contributed by atoms with Crippen molar-refractivity contribution in [1.82, 2.24) is 16.0 Å². The van der Waals surface area contributed by atoms with Gasteiger partial charge in [0.2, 0.25) is 11.8 Å². The van der Waals surface area contributed by atoms with Gasteiger partial charge in [0.15, 0.2) is 6.10 Å². The molecule has 0 bridgehead atoms. The minimum absolute atomic E-state index is 0.257. The number of hydrogen-bond donors (Lipinski definition) is 4. The lowest BCUT2D eigenvalue weighted by atomic mass is 9.98. The molecule has 4 N–H and O–H groups in total. The van der Waals surface area contributed by atoms with E-state index in [1.165, 1.54) is 6.92 Å². The monoisotopic (exact) mass is 443 g/mol. The van der Waals surface area contributed by atoms with Crippen molar-refractivity contribution in [2.24, 2.45) is 0 Å². The highest BCUT2D eigenvalue weighted by Gasteiger charge is 2.28. The molecule has 32 heavy (non-hydrogen) atoms. The topological polar surface area (TPSA) is 108 Å². The first-order chi connectivity index (χ1) is 15.2. The summed E-state index contributed by atoms with van der Waals surface area (Å²) in [4.78, 5) is 37.2. The second-order valence-electron chi connectivity index (χ2n) is 7.44. The summed E-state index contributed by atoms with van der Waals surface area (Å²) in [6.45, 7) is 1.69. The van der Waals surface area contributed by atoms with E-state index in [1.54, 1.807) is 0 Å². The van der Waals surface area contributed by atoms with Crippen LogP contribution in [-0.2, 0) is 14.4 Å². The molecule has 3 rings (SSSR count). The van der Waals surface area contributed by atoms with Gasteiger partial charge in [-0.3, -0.25) is 14.4 Å². The lowest BCUT2D eigenvalue weighted by Crippen LogP contribution is -2.52. The van der Waals surface area contributed by atoms with E-state index in [4.69, 9.17) is 0 Å². The molecule has 0 aliphatic carbocycles. The maximum Gasteiger partial charge on any atom is 0.254 e. The van der Waals surface area contributed by atoms with E-state index >= 15 is 0 Å². The molecule has 9 heteroatoms. The number of benzene rings is 2. The summed E-state index contributed by atoms with van der Waals surface area (Å²) in [7, 11) is 0. The van der Waals surface area contributed by atoms with Gasteiger partial charge in [-0.1, -0.05) is 36.4 Å². The fourth-order valence-corrected chi connectivity index (χ4v) is 3.34. The Morgan fingerprint density at radius 3 is 2.41 bits per heavy atom. The molecular formula is C23H23F2N3O4. The van der Waals surface area contributed by atoms with E-state index in [0.717, 1.165) is 23.3 Å². The van der Waals surface area contributed by atoms with Crippen molar-refractivity contribution in [3.8, 4) is 0 Å². The predicted octanol–water partition coefficient (Wildman–Crippen LogP) is 1.59. The molecule has 0 fully saturated rings. The number of carbonyl (C=O) groups is 3. The highest BCUT2D eigenvalue weighted by atomic mass is 19.1. The normalized spacial score (nSPS) is 17.9. The second kappa shape index (κ2) is 10.1. The summed E-state index contributed by atoms with van der Waals surface area (Å²) in [5, 5.41) is 17.7. The van der Waals surface area contributed by atoms with Gasteiger partial charge in [0.05, 0.1) is 0 Å². The third kappa shape index (κ3) is 5.76. The van der Waals surface area contributed by atoms with E-state index < -0.39 is 41.6 Å². The summed E-state index contributed by atoms with van der Waals surface area (Å²) >= 11 is 0. The number of carbonyl (C=O) groups excluding carboxylic acids is 3. The van der Waals surface area contributed by atoms with Crippen molar-refractivity contribution in [1.29, 1.82) is 0 Å². The number of halogens is 2. The molecule has 0 saturated carbocycles. The maximum atomic E-state index is 13.3. The van der Waals surface area contributed by atoms with Crippen LogP contribution in [-0.4, -0.2) is 41.5 Å². The van der Waals surface area contributed by atoms with Crippen LogP contribution in [0.2, 0.25) is 0 Å². The molecule has 3 amide bonds. The van der Waals surface area contributed by atoms with Crippen LogP contribution in [0.15, 0.2) is 54.6 Å². The molecule has 0 spiro atoms. The fraction of sp³-hybridized carbons (Fsp3) is 0.261. The summed E-state index contributed by atoms with van der Waals surface area (Å²) in [5.74, 6) is -3.91. The Hall–Kier alpha value is -3.59. The number of aliphatic hydroxyl groups is 1. The van der Waals surface area contributed by atoms with Crippen molar-refractivity contribution in [2.45, 2.75) is 31.5 Å². The zero-order valence-electron chi connectivity index (χ0n) is 17.3. The van der Waals surface area contributed by atoms with Gasteiger partial charge in [0.25, 0.3) is 5.91 Å². The highest BCUT2D eigenvalue weighted by Crippen LogP contribution is 2.21. The van der Waals surface area contributed by atoms with Crippen LogP contribution in [0.5, 0.6) is 0 Å². The van der Waals surface area contributed by atoms with E-state index in [-0.39, 0.29) is 17.9 Å². The largest absolute Gasteiger partial charge is 0.378 e. The SMILES string of the molecule is C[C@H](NC(=O)[C@@H](O)c1cc(F)cc(F)c1)C(=O)N[C@H]1CC(c2ccccc2)=CCNC1=O. The van der Waals surface area contributed by atoms with Gasteiger partial charge in [-0.2, -0.15) is 0 Å². The number of aliphatic hydroxyl groups excluding tert-OH is 1. The Kier molecular flexibility index (Phi) is 7.32. The first kappa shape index (κ1) is 23.1. The molecule has 1 aliphatic rings. The van der Waals surface area contributed by atoms with E-state index in [2.05, 4.69) is 16.0 Å². The summed E-state index contributed by atoms with van der Waals surface area (Å²) in [6.07, 6.45) is 0.260. The molecule has 0 aromatic heterocycles. The number of amides is 3. The van der Waals surface area contributed by atoms with Crippen LogP contribution in [0.4, 0.5) is 8.78 Å². The predicted molar refractivity (Wildman–Crippen MR) is 113 cm³/mol. The van der Waals surface area contributed by atoms with Crippen molar-refractivity contribution < 1.29 is 28.3 Å². The van der Waals surface area contributed by atoms with E-state index in [9.17, 15) is 28.3 Å². The van der Waals surface area contributed by atoms with Gasteiger partial charge in [0, 0.05) is 19.0 Å². The molecule has 7 nitrogen and oxygen atoms in total. The molecule has 2 aromatic rings. The molecule has 2 aromatic carbocycles. The molecule has 3 atom stereocenters. The van der Waals surface area contributed by atoms with E-state index in [1.807, 2.05) is 36.4 Å². The molecule has 1 heterocycles. The van der Waals surface area contributed by atoms with Crippen molar-refractivity contribution >= 4 is 23.3 Å². The molecule has 168 valence electrons. The Morgan fingerprint density at radius 1 is 1.09 bits per heavy atom. The third-order valence-corrected chi connectivity index (χ3v) is 5.03. The van der Waals surface area contributed by atoms with Crippen LogP contribution in [0.3, 0.4) is 0 Å². The molecular weight excluding hydrogens is 420 g/mol. The summed E-state index contributed by atoms with van der Waals surface area (Å²) < 4.78 is 26.7. The van der Waals surface area contributed by atoms with Gasteiger partial charge in [-0.15, -0.1) is 0 Å². The lowest BCUT2D eigenvalue weighted by Gasteiger charge is -2.21. The average Bonchev–Trinajstić information content (AvgIpc) is 2.94. The van der Waals surface area contributed by atoms with Crippen molar-refractivity contribution in [3.63, 3.8) is 0 Å². The number of hydrogen-bond acceptors (Lipinski definition) is 4. The van der Waals surface area contributed by atoms with Gasteiger partial charge in [-0.05, 0) is 35.8 Å².